The molecule has 1 aromatic carbocycles. The summed E-state index contributed by atoms with van der Waals surface area (Å²) in [7, 11) is -2.30. The highest BCUT2D eigenvalue weighted by atomic mass is 32.2. The molecule has 0 amide bonds. The van der Waals surface area contributed by atoms with E-state index in [1.807, 2.05) is 44.2 Å². The van der Waals surface area contributed by atoms with E-state index in [0.717, 1.165) is 5.56 Å². The van der Waals surface area contributed by atoms with Gasteiger partial charge in [0.2, 0.25) is 10.0 Å². The first-order valence-electron chi connectivity index (χ1n) is 9.17. The summed E-state index contributed by atoms with van der Waals surface area (Å²) in [5, 5.41) is 8.30. The first-order valence-corrected chi connectivity index (χ1v) is 10.7. The molecule has 0 radical (unpaired) electrons. The first-order chi connectivity index (χ1) is 13.6. The number of H-pyrrole nitrogens is 1. The van der Waals surface area contributed by atoms with E-state index in [1.165, 1.54) is 17.0 Å². The van der Waals surface area contributed by atoms with Gasteiger partial charge in [-0.15, -0.1) is 0 Å². The molecule has 0 spiro atoms. The van der Waals surface area contributed by atoms with Crippen LogP contribution in [0.1, 0.15) is 31.1 Å². The molecule has 2 heterocycles. The van der Waals surface area contributed by atoms with Crippen LogP contribution < -0.4 is 10.7 Å². The number of nitrogens with two attached hydrogens (primary N) is 1. The molecule has 1 aromatic heterocycles. The minimum atomic E-state index is -3.88. The SMILES string of the molecule is COC(C)(C)CN1C=C(S(N)(=O)=O)C=CC1n1[nH]cc(Cc2ccccc2)c1=O. The second-order valence-electron chi connectivity index (χ2n) is 7.62. The Labute approximate surface area is 170 Å². The third-order valence-corrected chi connectivity index (χ3v) is 5.78. The Kier molecular flexibility index (Phi) is 5.83. The summed E-state index contributed by atoms with van der Waals surface area (Å²) < 4.78 is 30.6. The maximum absolute atomic E-state index is 13.0. The number of benzene rings is 1. The van der Waals surface area contributed by atoms with E-state index in [2.05, 4.69) is 5.10 Å². The number of aromatic amines is 1. The third-order valence-electron chi connectivity index (χ3n) is 4.88. The fourth-order valence-corrected chi connectivity index (χ4v) is 3.73. The summed E-state index contributed by atoms with van der Waals surface area (Å²) >= 11 is 0. The number of ether oxygens (including phenoxy) is 1. The molecule has 0 saturated carbocycles. The van der Waals surface area contributed by atoms with Crippen LogP contribution in [-0.4, -0.2) is 42.4 Å². The fourth-order valence-electron chi connectivity index (χ4n) is 3.18. The van der Waals surface area contributed by atoms with Crippen molar-refractivity contribution in [1.82, 2.24) is 14.7 Å². The summed E-state index contributed by atoms with van der Waals surface area (Å²) in [6.45, 7) is 4.10. The van der Waals surface area contributed by atoms with Crippen molar-refractivity contribution < 1.29 is 13.2 Å². The number of primary sulfonamides is 1. The van der Waals surface area contributed by atoms with Crippen molar-refractivity contribution >= 4 is 10.0 Å². The lowest BCUT2D eigenvalue weighted by molar-refractivity contribution is -0.00931. The largest absolute Gasteiger partial charge is 0.377 e. The Morgan fingerprint density at radius 3 is 2.55 bits per heavy atom. The zero-order chi connectivity index (χ0) is 21.2. The summed E-state index contributed by atoms with van der Waals surface area (Å²) in [6, 6.07) is 9.71. The highest BCUT2D eigenvalue weighted by Gasteiger charge is 2.29. The van der Waals surface area contributed by atoms with Crippen LogP contribution in [-0.2, 0) is 21.2 Å². The van der Waals surface area contributed by atoms with E-state index in [-0.39, 0.29) is 10.5 Å². The Balaban J connectivity index is 1.95. The molecule has 9 heteroatoms. The van der Waals surface area contributed by atoms with Crippen LogP contribution >= 0.6 is 0 Å². The van der Waals surface area contributed by atoms with Gasteiger partial charge in [0, 0.05) is 38.0 Å². The summed E-state index contributed by atoms with van der Waals surface area (Å²) in [5.41, 5.74) is 0.906. The number of nitrogens with zero attached hydrogens (tertiary/aromatic N) is 2. The van der Waals surface area contributed by atoms with Gasteiger partial charge in [-0.3, -0.25) is 4.79 Å². The van der Waals surface area contributed by atoms with Crippen molar-refractivity contribution in [2.45, 2.75) is 32.0 Å². The highest BCUT2D eigenvalue weighted by Crippen LogP contribution is 2.26. The molecule has 1 unspecified atom stereocenters. The first kappa shape index (κ1) is 21.1. The summed E-state index contributed by atoms with van der Waals surface area (Å²) in [6.07, 6.45) is 6.15. The van der Waals surface area contributed by atoms with Crippen LogP contribution in [0.3, 0.4) is 0 Å². The van der Waals surface area contributed by atoms with Crippen LogP contribution in [0.2, 0.25) is 0 Å². The van der Waals surface area contributed by atoms with Gasteiger partial charge in [0.25, 0.3) is 5.56 Å². The minimum absolute atomic E-state index is 0.0234. The standard InChI is InChI=1S/C20H26N4O4S/c1-20(2,28-3)14-23-13-17(29(21,26)27)9-10-18(23)24-19(25)16(12-22-24)11-15-7-5-4-6-8-15/h4-10,12-13,18,22H,11,14H2,1-3H3,(H2,21,26,27). The lowest BCUT2D eigenvalue weighted by Gasteiger charge is -2.37. The topological polar surface area (TPSA) is 110 Å². The van der Waals surface area contributed by atoms with Crippen LogP contribution in [0.4, 0.5) is 0 Å². The number of hydrogen-bond donors (Lipinski definition) is 2. The predicted molar refractivity (Wildman–Crippen MR) is 111 cm³/mol. The van der Waals surface area contributed by atoms with Gasteiger partial charge in [0.15, 0.2) is 0 Å². The number of hydrogen-bond acceptors (Lipinski definition) is 5. The molecule has 29 heavy (non-hydrogen) atoms. The molecule has 1 aliphatic heterocycles. The van der Waals surface area contributed by atoms with Crippen molar-refractivity contribution in [3.8, 4) is 0 Å². The fraction of sp³-hybridized carbons (Fsp3) is 0.350. The van der Waals surface area contributed by atoms with Crippen molar-refractivity contribution in [1.29, 1.82) is 0 Å². The van der Waals surface area contributed by atoms with Gasteiger partial charge in [-0.1, -0.05) is 30.3 Å². The second-order valence-corrected chi connectivity index (χ2v) is 9.18. The van der Waals surface area contributed by atoms with Gasteiger partial charge in [-0.05, 0) is 31.6 Å². The molecular weight excluding hydrogens is 392 g/mol. The average Bonchev–Trinajstić information content (AvgIpc) is 3.02. The monoisotopic (exact) mass is 418 g/mol. The van der Waals surface area contributed by atoms with Crippen molar-refractivity contribution in [3.05, 3.63) is 81.3 Å². The summed E-state index contributed by atoms with van der Waals surface area (Å²) in [5.74, 6) is 0. The van der Waals surface area contributed by atoms with Crippen LogP contribution in [0.15, 0.2) is 64.6 Å². The van der Waals surface area contributed by atoms with Crippen LogP contribution in [0, 0.1) is 0 Å². The molecule has 0 fully saturated rings. The maximum atomic E-state index is 13.0. The van der Waals surface area contributed by atoms with Gasteiger partial charge in [-0.2, -0.15) is 0 Å². The molecule has 3 N–H and O–H groups in total. The molecule has 156 valence electrons. The zero-order valence-corrected chi connectivity index (χ0v) is 17.5. The van der Waals surface area contributed by atoms with Crippen molar-refractivity contribution in [3.63, 3.8) is 0 Å². The number of sulfonamides is 1. The van der Waals surface area contributed by atoms with Crippen LogP contribution in [0.5, 0.6) is 0 Å². The zero-order valence-electron chi connectivity index (χ0n) is 16.7. The molecule has 0 bridgehead atoms. The van der Waals surface area contributed by atoms with E-state index in [9.17, 15) is 13.2 Å². The lowest BCUT2D eigenvalue weighted by Crippen LogP contribution is -2.44. The van der Waals surface area contributed by atoms with E-state index in [1.54, 1.807) is 24.3 Å². The van der Waals surface area contributed by atoms with E-state index in [0.29, 0.717) is 18.5 Å². The molecular formula is C20H26N4O4S. The smallest absolute Gasteiger partial charge is 0.272 e. The number of methoxy groups -OCH3 is 1. The molecule has 0 aliphatic carbocycles. The highest BCUT2D eigenvalue weighted by molar-refractivity contribution is 7.93. The Morgan fingerprint density at radius 1 is 1.24 bits per heavy atom. The van der Waals surface area contributed by atoms with Gasteiger partial charge in [0.05, 0.1) is 10.5 Å². The van der Waals surface area contributed by atoms with E-state index < -0.39 is 21.8 Å². The molecule has 1 aliphatic rings. The molecule has 1 atom stereocenters. The number of aromatic nitrogens is 2. The van der Waals surface area contributed by atoms with Gasteiger partial charge in [-0.25, -0.2) is 18.2 Å². The van der Waals surface area contributed by atoms with E-state index in [4.69, 9.17) is 9.88 Å². The maximum Gasteiger partial charge on any atom is 0.272 e. The van der Waals surface area contributed by atoms with Gasteiger partial charge < -0.3 is 14.7 Å². The van der Waals surface area contributed by atoms with Crippen LogP contribution in [0.25, 0.3) is 0 Å². The Morgan fingerprint density at radius 2 is 1.93 bits per heavy atom. The third kappa shape index (κ3) is 4.87. The molecule has 2 aromatic rings. The number of nitrogens with one attached hydrogen (secondary N) is 1. The molecule has 8 nitrogen and oxygen atoms in total. The Hall–Kier alpha value is -2.62. The van der Waals surface area contributed by atoms with Crippen molar-refractivity contribution in [2.24, 2.45) is 5.14 Å². The lowest BCUT2D eigenvalue weighted by atomic mass is 10.1. The van der Waals surface area contributed by atoms with Gasteiger partial charge >= 0.3 is 0 Å². The quantitative estimate of drug-likeness (QED) is 0.711. The molecule has 0 saturated heterocycles. The van der Waals surface area contributed by atoms with E-state index >= 15 is 0 Å². The Bertz CT molecular complexity index is 1080. The van der Waals surface area contributed by atoms with Gasteiger partial charge in [0.1, 0.15) is 6.17 Å². The number of allylic oxidation sites excluding steroid dienone is 1. The minimum Gasteiger partial charge on any atom is -0.377 e. The second kappa shape index (κ2) is 8.02. The van der Waals surface area contributed by atoms with Crippen molar-refractivity contribution in [2.75, 3.05) is 13.7 Å². The average molecular weight is 419 g/mol. The summed E-state index contributed by atoms with van der Waals surface area (Å²) in [4.78, 5) is 14.7. The number of rotatable bonds is 7. The molecule has 3 rings (SSSR count). The predicted octanol–water partition coefficient (Wildman–Crippen LogP) is 1.69. The normalized spacial score (nSPS) is 17.4.